The summed E-state index contributed by atoms with van der Waals surface area (Å²) < 4.78 is 4.91. The van der Waals surface area contributed by atoms with Crippen molar-refractivity contribution in [3.63, 3.8) is 0 Å². The molecule has 54 heavy (non-hydrogen) atoms. The van der Waals surface area contributed by atoms with E-state index in [2.05, 4.69) is 179 Å². The third-order valence-corrected chi connectivity index (χ3v) is 11.8. The van der Waals surface area contributed by atoms with Crippen molar-refractivity contribution in [2.24, 2.45) is 0 Å². The third-order valence-electron chi connectivity index (χ3n) is 11.8. The molecule has 13 rings (SSSR count). The lowest BCUT2D eigenvalue weighted by Gasteiger charge is -2.14. The number of rotatable bonds is 2. The molecule has 0 saturated carbocycles. The predicted molar refractivity (Wildman–Crippen MR) is 226 cm³/mol. The summed E-state index contributed by atoms with van der Waals surface area (Å²) >= 11 is 0. The largest absolute Gasteiger partial charge is 0.308 e. The first-order chi connectivity index (χ1) is 26.8. The van der Waals surface area contributed by atoms with Gasteiger partial charge >= 0.3 is 0 Å². The first-order valence-electron chi connectivity index (χ1n) is 18.5. The molecule has 0 unspecified atom stereocenters. The van der Waals surface area contributed by atoms with Crippen LogP contribution < -0.4 is 0 Å². The summed E-state index contributed by atoms with van der Waals surface area (Å²) in [6, 6.07) is 61.7. The van der Waals surface area contributed by atoms with Gasteiger partial charge < -0.3 is 4.40 Å². The van der Waals surface area contributed by atoms with Crippen LogP contribution in [0.15, 0.2) is 170 Å². The normalized spacial score (nSPS) is 12.4. The zero-order valence-corrected chi connectivity index (χ0v) is 29.0. The number of fused-ring (bicyclic) bond motifs is 15. The zero-order valence-electron chi connectivity index (χ0n) is 29.0. The van der Waals surface area contributed by atoms with Crippen LogP contribution in [-0.4, -0.2) is 18.9 Å². The Labute approximate surface area is 308 Å². The van der Waals surface area contributed by atoms with Crippen molar-refractivity contribution in [2.45, 2.75) is 0 Å². The van der Waals surface area contributed by atoms with Crippen LogP contribution in [0.4, 0.5) is 0 Å². The first kappa shape index (κ1) is 28.3. The van der Waals surface area contributed by atoms with Gasteiger partial charge in [0.2, 0.25) is 0 Å². The van der Waals surface area contributed by atoms with Crippen LogP contribution >= 0.6 is 0 Å². The number of benzene rings is 9. The van der Waals surface area contributed by atoms with Gasteiger partial charge in [0.25, 0.3) is 0 Å². The number of nitrogens with zero attached hydrogens (tertiary/aromatic N) is 4. The molecule has 0 atom stereocenters. The van der Waals surface area contributed by atoms with Crippen molar-refractivity contribution in [3.05, 3.63) is 170 Å². The fourth-order valence-electron chi connectivity index (χ4n) is 9.42. The molecule has 0 saturated heterocycles. The van der Waals surface area contributed by atoms with E-state index in [4.69, 9.17) is 9.97 Å². The third kappa shape index (κ3) is 3.61. The Morgan fingerprint density at radius 1 is 0.352 bits per heavy atom. The van der Waals surface area contributed by atoms with E-state index in [0.717, 1.165) is 27.8 Å². The highest BCUT2D eigenvalue weighted by atomic mass is 15.1. The maximum atomic E-state index is 5.58. The van der Waals surface area contributed by atoms with Crippen molar-refractivity contribution in [3.8, 4) is 17.2 Å². The Balaban J connectivity index is 1.22. The second-order valence-corrected chi connectivity index (χ2v) is 14.6. The fourth-order valence-corrected chi connectivity index (χ4v) is 9.42. The molecule has 0 spiro atoms. The van der Waals surface area contributed by atoms with Crippen LogP contribution in [0.3, 0.4) is 0 Å². The van der Waals surface area contributed by atoms with E-state index < -0.39 is 0 Å². The summed E-state index contributed by atoms with van der Waals surface area (Å²) in [7, 11) is 0. The van der Waals surface area contributed by atoms with Crippen LogP contribution in [0.2, 0.25) is 0 Å². The molecule has 0 N–H and O–H groups in total. The molecule has 0 fully saturated rings. The van der Waals surface area contributed by atoms with Gasteiger partial charge in [0.15, 0.2) is 5.82 Å². The number of hydrogen-bond donors (Lipinski definition) is 0. The lowest BCUT2D eigenvalue weighted by Crippen LogP contribution is -2.03. The van der Waals surface area contributed by atoms with Crippen LogP contribution in [0.25, 0.3) is 120 Å². The minimum atomic E-state index is 0.710. The van der Waals surface area contributed by atoms with Crippen LogP contribution in [0.1, 0.15) is 0 Å². The first-order valence-corrected chi connectivity index (χ1v) is 18.5. The molecule has 0 aliphatic heterocycles. The molecule has 0 amide bonds. The van der Waals surface area contributed by atoms with Gasteiger partial charge in [-0.15, -0.1) is 0 Å². The standard InChI is InChI=1S/C50H28N4/c1-2-13-31-27-45-39(26-30(31)12-1)41-28-40-36-15-6-9-19-43(36)53-44-20-10-7-17-38(44)46(47(40)53)48(41)54(45)50-37-16-5-8-18-42(37)51-49(52-50)33-23-24-35-32(25-33)22-21-29-11-3-4-14-34(29)35/h1-28H. The van der Waals surface area contributed by atoms with Gasteiger partial charge in [-0.05, 0) is 80.8 Å². The van der Waals surface area contributed by atoms with Crippen molar-refractivity contribution in [1.82, 2.24) is 18.9 Å². The monoisotopic (exact) mass is 684 g/mol. The molecular formula is C50H28N4. The molecule has 0 aliphatic carbocycles. The Kier molecular flexibility index (Phi) is 5.34. The van der Waals surface area contributed by atoms with Gasteiger partial charge in [0.1, 0.15) is 5.82 Å². The van der Waals surface area contributed by atoms with Gasteiger partial charge in [0.05, 0.1) is 33.1 Å². The minimum Gasteiger partial charge on any atom is -0.308 e. The lowest BCUT2D eigenvalue weighted by molar-refractivity contribution is 1.08. The molecule has 4 heterocycles. The van der Waals surface area contributed by atoms with Crippen LogP contribution in [0, 0.1) is 0 Å². The molecule has 4 nitrogen and oxygen atoms in total. The average molecular weight is 685 g/mol. The molecule has 4 heteroatoms. The molecule has 13 aromatic rings. The van der Waals surface area contributed by atoms with E-state index in [-0.39, 0.29) is 0 Å². The Morgan fingerprint density at radius 2 is 0.981 bits per heavy atom. The lowest BCUT2D eigenvalue weighted by atomic mass is 10.00. The second-order valence-electron chi connectivity index (χ2n) is 14.6. The van der Waals surface area contributed by atoms with Crippen molar-refractivity contribution in [2.75, 3.05) is 0 Å². The maximum Gasteiger partial charge on any atom is 0.162 e. The number of hydrogen-bond acceptors (Lipinski definition) is 2. The van der Waals surface area contributed by atoms with E-state index in [9.17, 15) is 0 Å². The highest BCUT2D eigenvalue weighted by Gasteiger charge is 2.26. The summed E-state index contributed by atoms with van der Waals surface area (Å²) in [5, 5.41) is 15.8. The summed E-state index contributed by atoms with van der Waals surface area (Å²) in [6.45, 7) is 0. The summed E-state index contributed by atoms with van der Waals surface area (Å²) in [4.78, 5) is 10.8. The Hall–Kier alpha value is -7.30. The molecule has 9 aromatic carbocycles. The molecule has 4 aromatic heterocycles. The summed E-state index contributed by atoms with van der Waals surface area (Å²) in [5.74, 6) is 1.59. The van der Waals surface area contributed by atoms with E-state index in [1.54, 1.807) is 0 Å². The quantitative estimate of drug-likeness (QED) is 0.170. The summed E-state index contributed by atoms with van der Waals surface area (Å²) in [5.41, 5.74) is 7.90. The molecule has 0 bridgehead atoms. The van der Waals surface area contributed by atoms with Crippen LogP contribution in [-0.2, 0) is 0 Å². The van der Waals surface area contributed by atoms with Gasteiger partial charge in [-0.2, -0.15) is 0 Å². The molecule has 248 valence electrons. The average Bonchev–Trinajstić information content (AvgIpc) is 3.86. The second kappa shape index (κ2) is 10.2. The highest BCUT2D eigenvalue weighted by molar-refractivity contribution is 6.34. The maximum absolute atomic E-state index is 5.58. The molecular weight excluding hydrogens is 657 g/mol. The Morgan fingerprint density at radius 3 is 1.83 bits per heavy atom. The number of aromatic nitrogens is 4. The fraction of sp³-hybridized carbons (Fsp3) is 0. The van der Waals surface area contributed by atoms with E-state index >= 15 is 0 Å². The Bertz CT molecular complexity index is 3740. The summed E-state index contributed by atoms with van der Waals surface area (Å²) in [6.07, 6.45) is 0. The highest BCUT2D eigenvalue weighted by Crippen LogP contribution is 2.47. The van der Waals surface area contributed by atoms with Crippen molar-refractivity contribution < 1.29 is 0 Å². The van der Waals surface area contributed by atoms with Crippen LogP contribution in [0.5, 0.6) is 0 Å². The van der Waals surface area contributed by atoms with E-state index in [1.807, 2.05) is 0 Å². The minimum absolute atomic E-state index is 0.710. The smallest absolute Gasteiger partial charge is 0.162 e. The van der Waals surface area contributed by atoms with Gasteiger partial charge in [0, 0.05) is 43.3 Å². The van der Waals surface area contributed by atoms with Gasteiger partial charge in [-0.3, -0.25) is 4.57 Å². The van der Waals surface area contributed by atoms with Crippen molar-refractivity contribution >= 4 is 103 Å². The number of para-hydroxylation sites is 3. The van der Waals surface area contributed by atoms with Crippen molar-refractivity contribution in [1.29, 1.82) is 0 Å². The topological polar surface area (TPSA) is 35.1 Å². The van der Waals surface area contributed by atoms with Gasteiger partial charge in [-0.25, -0.2) is 9.97 Å². The molecule has 0 radical (unpaired) electrons. The zero-order chi connectivity index (χ0) is 35.1. The predicted octanol–water partition coefficient (Wildman–Crippen LogP) is 13.0. The SMILES string of the molecule is c1ccc2cc3c(cc2c1)c1cc2c4ccccc4n4c5ccccc5c(c1n3-c1nc(-c3ccc5c(ccc6ccccc65)c3)nc3ccccc13)c24. The molecule has 0 aliphatic rings. The van der Waals surface area contributed by atoms with Gasteiger partial charge in [-0.1, -0.05) is 121 Å². The van der Waals surface area contributed by atoms with E-state index in [0.29, 0.717) is 5.82 Å². The van der Waals surface area contributed by atoms with E-state index in [1.165, 1.54) is 86.7 Å².